The van der Waals surface area contributed by atoms with Gasteiger partial charge in [0.2, 0.25) is 0 Å². The largest absolute Gasteiger partial charge is 0.491 e. The fourth-order valence-corrected chi connectivity index (χ4v) is 2.83. The highest BCUT2D eigenvalue weighted by atomic mass is 35.5. The van der Waals surface area contributed by atoms with Crippen molar-refractivity contribution in [3.63, 3.8) is 0 Å². The molecule has 0 saturated carbocycles. The lowest BCUT2D eigenvalue weighted by molar-refractivity contribution is 0.242. The Morgan fingerprint density at radius 1 is 1.19 bits per heavy atom. The van der Waals surface area contributed by atoms with Crippen molar-refractivity contribution >= 4 is 17.4 Å². The number of nitrogens with one attached hydrogen (secondary N) is 1. The Labute approximate surface area is 161 Å². The van der Waals surface area contributed by atoms with Crippen LogP contribution in [0.25, 0.3) is 11.3 Å². The second-order valence-corrected chi connectivity index (χ2v) is 6.83. The molecule has 0 amide bonds. The molecule has 0 atom stereocenters. The van der Waals surface area contributed by atoms with Crippen molar-refractivity contribution < 1.29 is 9.47 Å². The van der Waals surface area contributed by atoms with Gasteiger partial charge in [0, 0.05) is 12.6 Å². The van der Waals surface area contributed by atoms with E-state index >= 15 is 0 Å². The molecule has 2 aromatic rings. The van der Waals surface area contributed by atoms with Gasteiger partial charge in [0.15, 0.2) is 5.82 Å². The Balaban J connectivity index is 2.29. The van der Waals surface area contributed by atoms with Crippen LogP contribution in [0.1, 0.15) is 45.7 Å². The minimum Gasteiger partial charge on any atom is -0.491 e. The molecule has 0 aliphatic carbocycles. The van der Waals surface area contributed by atoms with Crippen LogP contribution in [0.3, 0.4) is 0 Å². The molecule has 0 aliphatic rings. The SMILES string of the molecule is CCCCCOc1nc(C)c(-c2ccc(OC(C)C)cc2Cl)nc1NC. The molecule has 2 rings (SSSR count). The molecule has 26 heavy (non-hydrogen) atoms. The van der Waals surface area contributed by atoms with Crippen LogP contribution >= 0.6 is 11.6 Å². The summed E-state index contributed by atoms with van der Waals surface area (Å²) >= 11 is 6.47. The molecule has 1 aromatic carbocycles. The molecule has 6 heteroatoms. The first-order valence-electron chi connectivity index (χ1n) is 9.12. The zero-order valence-corrected chi connectivity index (χ0v) is 17.0. The molecule has 0 bridgehead atoms. The highest BCUT2D eigenvalue weighted by Gasteiger charge is 2.16. The molecule has 0 unspecified atom stereocenters. The summed E-state index contributed by atoms with van der Waals surface area (Å²) in [7, 11) is 1.81. The fraction of sp³-hybridized carbons (Fsp3) is 0.500. The van der Waals surface area contributed by atoms with Gasteiger partial charge in [0.05, 0.1) is 29.1 Å². The van der Waals surface area contributed by atoms with Crippen molar-refractivity contribution in [2.45, 2.75) is 53.1 Å². The van der Waals surface area contributed by atoms with Gasteiger partial charge in [-0.05, 0) is 45.4 Å². The van der Waals surface area contributed by atoms with Crippen LogP contribution in [0, 0.1) is 6.92 Å². The van der Waals surface area contributed by atoms with Gasteiger partial charge >= 0.3 is 0 Å². The number of unbranched alkanes of at least 4 members (excludes halogenated alkanes) is 2. The van der Waals surface area contributed by atoms with E-state index in [9.17, 15) is 0 Å². The number of nitrogens with zero attached hydrogens (tertiary/aromatic N) is 2. The highest BCUT2D eigenvalue weighted by molar-refractivity contribution is 6.33. The third-order valence-electron chi connectivity index (χ3n) is 3.83. The average molecular weight is 378 g/mol. The molecule has 0 aliphatic heterocycles. The van der Waals surface area contributed by atoms with Gasteiger partial charge in [-0.25, -0.2) is 9.97 Å². The average Bonchev–Trinajstić information content (AvgIpc) is 2.59. The Hall–Kier alpha value is -2.01. The van der Waals surface area contributed by atoms with Crippen LogP contribution in [-0.2, 0) is 0 Å². The van der Waals surface area contributed by atoms with E-state index in [1.54, 1.807) is 0 Å². The third-order valence-corrected chi connectivity index (χ3v) is 4.14. The smallest absolute Gasteiger partial charge is 0.257 e. The van der Waals surface area contributed by atoms with Crippen molar-refractivity contribution in [3.8, 4) is 22.9 Å². The predicted octanol–water partition coefficient (Wildman–Crippen LogP) is 5.50. The lowest BCUT2D eigenvalue weighted by Crippen LogP contribution is -2.07. The number of benzene rings is 1. The number of aromatic nitrogens is 2. The monoisotopic (exact) mass is 377 g/mol. The van der Waals surface area contributed by atoms with E-state index in [4.69, 9.17) is 21.1 Å². The van der Waals surface area contributed by atoms with Crippen LogP contribution in [0.15, 0.2) is 18.2 Å². The molecule has 0 fully saturated rings. The first-order valence-corrected chi connectivity index (χ1v) is 9.49. The molecule has 1 aromatic heterocycles. The first-order chi connectivity index (χ1) is 12.5. The topological polar surface area (TPSA) is 56.3 Å². The Bertz CT molecular complexity index is 735. The zero-order valence-electron chi connectivity index (χ0n) is 16.2. The maximum Gasteiger partial charge on any atom is 0.257 e. The number of ether oxygens (including phenoxy) is 2. The lowest BCUT2D eigenvalue weighted by Gasteiger charge is -2.15. The number of rotatable bonds is 9. The first kappa shape index (κ1) is 20.3. The lowest BCUT2D eigenvalue weighted by atomic mass is 10.1. The summed E-state index contributed by atoms with van der Waals surface area (Å²) in [5.41, 5.74) is 2.33. The summed E-state index contributed by atoms with van der Waals surface area (Å²) < 4.78 is 11.5. The van der Waals surface area contributed by atoms with E-state index < -0.39 is 0 Å². The molecular weight excluding hydrogens is 350 g/mol. The molecule has 5 nitrogen and oxygen atoms in total. The summed E-state index contributed by atoms with van der Waals surface area (Å²) in [5.74, 6) is 1.88. The molecule has 1 heterocycles. The number of aryl methyl sites for hydroxylation is 1. The summed E-state index contributed by atoms with van der Waals surface area (Å²) in [6, 6.07) is 5.63. The molecule has 0 saturated heterocycles. The molecular formula is C20H28ClN3O2. The minimum absolute atomic E-state index is 0.0958. The number of hydrogen-bond acceptors (Lipinski definition) is 5. The quantitative estimate of drug-likeness (QED) is 0.584. The number of hydrogen-bond donors (Lipinski definition) is 1. The van der Waals surface area contributed by atoms with E-state index in [-0.39, 0.29) is 6.10 Å². The molecule has 0 radical (unpaired) electrons. The van der Waals surface area contributed by atoms with E-state index in [1.165, 1.54) is 0 Å². The molecule has 0 spiro atoms. The minimum atomic E-state index is 0.0958. The van der Waals surface area contributed by atoms with Crippen molar-refractivity contribution in [2.75, 3.05) is 19.0 Å². The van der Waals surface area contributed by atoms with Crippen molar-refractivity contribution in [3.05, 3.63) is 28.9 Å². The van der Waals surface area contributed by atoms with Crippen molar-refractivity contribution in [1.29, 1.82) is 0 Å². The predicted molar refractivity (Wildman–Crippen MR) is 108 cm³/mol. The van der Waals surface area contributed by atoms with Gasteiger partial charge < -0.3 is 14.8 Å². The Morgan fingerprint density at radius 2 is 1.96 bits per heavy atom. The van der Waals surface area contributed by atoms with Crippen LogP contribution in [0.2, 0.25) is 5.02 Å². The maximum absolute atomic E-state index is 6.47. The van der Waals surface area contributed by atoms with Crippen LogP contribution in [0.4, 0.5) is 5.82 Å². The van der Waals surface area contributed by atoms with E-state index in [0.717, 1.165) is 42.0 Å². The van der Waals surface area contributed by atoms with Gasteiger partial charge in [-0.15, -0.1) is 0 Å². The zero-order chi connectivity index (χ0) is 19.1. The number of halogens is 1. The Morgan fingerprint density at radius 3 is 2.58 bits per heavy atom. The summed E-state index contributed by atoms with van der Waals surface area (Å²) in [5, 5.41) is 3.65. The normalized spacial score (nSPS) is 10.9. The standard InChI is InChI=1S/C20H28ClN3O2/c1-6-7-8-11-25-20-19(22-5)24-18(14(4)23-20)16-10-9-15(12-17(16)21)26-13(2)3/h9-10,12-13H,6-8,11H2,1-5H3,(H,22,24). The van der Waals surface area contributed by atoms with Crippen molar-refractivity contribution in [1.82, 2.24) is 9.97 Å². The maximum atomic E-state index is 6.47. The number of anilines is 1. The van der Waals surface area contributed by atoms with E-state index in [2.05, 4.69) is 22.2 Å². The molecule has 1 N–H and O–H groups in total. The summed E-state index contributed by atoms with van der Waals surface area (Å²) in [6.45, 7) is 8.68. The van der Waals surface area contributed by atoms with Gasteiger partial charge in [0.25, 0.3) is 5.88 Å². The fourth-order valence-electron chi connectivity index (χ4n) is 2.57. The highest BCUT2D eigenvalue weighted by Crippen LogP contribution is 2.34. The van der Waals surface area contributed by atoms with Gasteiger partial charge in [-0.3, -0.25) is 0 Å². The molecule has 142 valence electrons. The summed E-state index contributed by atoms with van der Waals surface area (Å²) in [6.07, 6.45) is 3.39. The summed E-state index contributed by atoms with van der Waals surface area (Å²) in [4.78, 5) is 9.28. The van der Waals surface area contributed by atoms with Crippen molar-refractivity contribution in [2.24, 2.45) is 0 Å². The van der Waals surface area contributed by atoms with Crippen LogP contribution in [-0.4, -0.2) is 29.7 Å². The Kier molecular flexibility index (Phi) is 7.51. The second kappa shape index (κ2) is 9.62. The van der Waals surface area contributed by atoms with Gasteiger partial charge in [-0.2, -0.15) is 0 Å². The van der Waals surface area contributed by atoms with Gasteiger partial charge in [-0.1, -0.05) is 31.4 Å². The van der Waals surface area contributed by atoms with Gasteiger partial charge in [0.1, 0.15) is 5.75 Å². The third kappa shape index (κ3) is 5.24. The van der Waals surface area contributed by atoms with Crippen LogP contribution in [0.5, 0.6) is 11.6 Å². The second-order valence-electron chi connectivity index (χ2n) is 6.43. The van der Waals surface area contributed by atoms with E-state index in [0.29, 0.717) is 23.3 Å². The van der Waals surface area contributed by atoms with E-state index in [1.807, 2.05) is 46.0 Å². The van der Waals surface area contributed by atoms with Crippen LogP contribution < -0.4 is 14.8 Å².